The highest BCUT2D eigenvalue weighted by molar-refractivity contribution is 4.84. The molecule has 0 aliphatic carbocycles. The first kappa shape index (κ1) is 16.5. The maximum Gasteiger partial charge on any atom is 0.391 e. The van der Waals surface area contributed by atoms with Crippen LogP contribution in [0.25, 0.3) is 0 Å². The van der Waals surface area contributed by atoms with Crippen molar-refractivity contribution in [3.05, 3.63) is 12.2 Å². The van der Waals surface area contributed by atoms with Crippen LogP contribution in [0.1, 0.15) is 53.4 Å². The normalized spacial score (nSPS) is 15.1. The van der Waals surface area contributed by atoms with Crippen LogP contribution in [0, 0.1) is 17.8 Å². The largest absolute Gasteiger partial charge is 0.391 e. The van der Waals surface area contributed by atoms with Crippen molar-refractivity contribution < 1.29 is 13.2 Å². The van der Waals surface area contributed by atoms with E-state index in [2.05, 4.69) is 13.8 Å². The van der Waals surface area contributed by atoms with Crippen molar-refractivity contribution in [1.29, 1.82) is 0 Å². The Morgan fingerprint density at radius 1 is 0.941 bits per heavy atom. The minimum atomic E-state index is -4.05. The van der Waals surface area contributed by atoms with E-state index in [9.17, 15) is 13.2 Å². The molecule has 0 aliphatic heterocycles. The minimum Gasteiger partial charge on any atom is -0.171 e. The van der Waals surface area contributed by atoms with Crippen molar-refractivity contribution in [2.75, 3.05) is 0 Å². The lowest BCUT2D eigenvalue weighted by Crippen LogP contribution is -2.24. The van der Waals surface area contributed by atoms with E-state index in [1.807, 2.05) is 26.0 Å². The van der Waals surface area contributed by atoms with Gasteiger partial charge in [-0.1, -0.05) is 39.8 Å². The van der Waals surface area contributed by atoms with Gasteiger partial charge in [0.05, 0.1) is 5.92 Å². The van der Waals surface area contributed by atoms with Crippen LogP contribution in [0.15, 0.2) is 12.2 Å². The lowest BCUT2D eigenvalue weighted by molar-refractivity contribution is -0.180. The summed E-state index contributed by atoms with van der Waals surface area (Å²) < 4.78 is 38.1. The Balaban J connectivity index is 4.05. The Morgan fingerprint density at radius 3 is 1.94 bits per heavy atom. The molecule has 17 heavy (non-hydrogen) atoms. The van der Waals surface area contributed by atoms with Gasteiger partial charge >= 0.3 is 6.18 Å². The first-order valence-corrected chi connectivity index (χ1v) is 6.45. The molecule has 0 rings (SSSR count). The quantitative estimate of drug-likeness (QED) is 0.516. The molecular weight excluding hydrogens is 225 g/mol. The first-order chi connectivity index (χ1) is 7.73. The van der Waals surface area contributed by atoms with Gasteiger partial charge in [0.1, 0.15) is 0 Å². The fraction of sp³-hybridized carbons (Fsp3) is 0.857. The van der Waals surface area contributed by atoms with Crippen LogP contribution in [0.4, 0.5) is 13.2 Å². The zero-order chi connectivity index (χ0) is 13.5. The lowest BCUT2D eigenvalue weighted by Gasteiger charge is -2.21. The van der Waals surface area contributed by atoms with Gasteiger partial charge in [-0.05, 0) is 37.5 Å². The third-order valence-corrected chi connectivity index (χ3v) is 2.67. The molecule has 0 saturated carbocycles. The molecule has 0 spiro atoms. The molecule has 3 heteroatoms. The van der Waals surface area contributed by atoms with Gasteiger partial charge in [0, 0.05) is 0 Å². The predicted molar refractivity (Wildman–Crippen MR) is 66.8 cm³/mol. The van der Waals surface area contributed by atoms with Gasteiger partial charge in [-0.3, -0.25) is 0 Å². The molecule has 0 radical (unpaired) electrons. The van der Waals surface area contributed by atoms with Gasteiger partial charge in [0.2, 0.25) is 0 Å². The molecular formula is C14H25F3. The third kappa shape index (κ3) is 9.25. The summed E-state index contributed by atoms with van der Waals surface area (Å²) in [4.78, 5) is 0. The predicted octanol–water partition coefficient (Wildman–Crippen LogP) is 5.59. The number of alkyl halides is 3. The number of rotatable bonds is 7. The van der Waals surface area contributed by atoms with Crippen molar-refractivity contribution in [2.45, 2.75) is 59.6 Å². The van der Waals surface area contributed by atoms with Crippen molar-refractivity contribution in [3.8, 4) is 0 Å². The molecule has 0 nitrogen and oxygen atoms in total. The van der Waals surface area contributed by atoms with Gasteiger partial charge in [0.25, 0.3) is 0 Å². The van der Waals surface area contributed by atoms with E-state index in [1.54, 1.807) is 0 Å². The van der Waals surface area contributed by atoms with Crippen molar-refractivity contribution in [1.82, 2.24) is 0 Å². The monoisotopic (exact) mass is 250 g/mol. The van der Waals surface area contributed by atoms with Gasteiger partial charge in [-0.25, -0.2) is 0 Å². The van der Waals surface area contributed by atoms with Crippen LogP contribution in [-0.2, 0) is 0 Å². The first-order valence-electron chi connectivity index (χ1n) is 6.45. The molecule has 0 fully saturated rings. The maximum atomic E-state index is 12.7. The van der Waals surface area contributed by atoms with E-state index >= 15 is 0 Å². The third-order valence-electron chi connectivity index (χ3n) is 2.67. The SMILES string of the molecule is CC(C)C/C=C\CCC(CC(C)C)C(F)(F)F. The highest BCUT2D eigenvalue weighted by Crippen LogP contribution is 2.34. The molecule has 0 saturated heterocycles. The van der Waals surface area contributed by atoms with Gasteiger partial charge in [-0.2, -0.15) is 13.2 Å². The van der Waals surface area contributed by atoms with E-state index < -0.39 is 12.1 Å². The van der Waals surface area contributed by atoms with Gasteiger partial charge in [-0.15, -0.1) is 0 Å². The Morgan fingerprint density at radius 2 is 1.53 bits per heavy atom. The maximum absolute atomic E-state index is 12.7. The van der Waals surface area contributed by atoms with E-state index in [0.29, 0.717) is 12.3 Å². The molecule has 1 atom stereocenters. The zero-order valence-electron chi connectivity index (χ0n) is 11.3. The molecule has 0 N–H and O–H groups in total. The van der Waals surface area contributed by atoms with E-state index in [0.717, 1.165) is 6.42 Å². The molecule has 0 aromatic carbocycles. The van der Waals surface area contributed by atoms with Crippen LogP contribution in [0.3, 0.4) is 0 Å². The van der Waals surface area contributed by atoms with Crippen molar-refractivity contribution in [3.63, 3.8) is 0 Å². The van der Waals surface area contributed by atoms with Crippen LogP contribution < -0.4 is 0 Å². The summed E-state index contributed by atoms with van der Waals surface area (Å²) in [6.45, 7) is 7.88. The summed E-state index contributed by atoms with van der Waals surface area (Å²) in [6.07, 6.45) is 1.77. The van der Waals surface area contributed by atoms with Gasteiger partial charge < -0.3 is 0 Å². The second-order valence-electron chi connectivity index (χ2n) is 5.55. The number of hydrogen-bond acceptors (Lipinski definition) is 0. The molecule has 0 aromatic rings. The Kier molecular flexibility index (Phi) is 7.56. The van der Waals surface area contributed by atoms with Crippen LogP contribution in [-0.4, -0.2) is 6.18 Å². The second kappa shape index (κ2) is 7.78. The molecule has 0 amide bonds. The highest BCUT2D eigenvalue weighted by Gasteiger charge is 2.38. The Bertz CT molecular complexity index is 214. The van der Waals surface area contributed by atoms with Crippen LogP contribution in [0.5, 0.6) is 0 Å². The molecule has 1 unspecified atom stereocenters. The summed E-state index contributed by atoms with van der Waals surface area (Å²) in [5.74, 6) is -0.479. The molecule has 0 bridgehead atoms. The zero-order valence-corrected chi connectivity index (χ0v) is 11.3. The van der Waals surface area contributed by atoms with Crippen LogP contribution in [0.2, 0.25) is 0 Å². The fourth-order valence-electron chi connectivity index (χ4n) is 1.77. The summed E-state index contributed by atoms with van der Waals surface area (Å²) >= 11 is 0. The second-order valence-corrected chi connectivity index (χ2v) is 5.55. The summed E-state index contributed by atoms with van der Waals surface area (Å²) in [5.41, 5.74) is 0. The average Bonchev–Trinajstić information content (AvgIpc) is 2.12. The number of allylic oxidation sites excluding steroid dienone is 2. The molecule has 102 valence electrons. The lowest BCUT2D eigenvalue weighted by atomic mass is 9.92. The summed E-state index contributed by atoms with van der Waals surface area (Å²) in [5, 5.41) is 0. The van der Waals surface area contributed by atoms with E-state index in [-0.39, 0.29) is 18.8 Å². The summed E-state index contributed by atoms with van der Waals surface area (Å²) in [7, 11) is 0. The molecule has 0 heterocycles. The standard InChI is InChI=1S/C14H25F3/c1-11(2)8-6-5-7-9-13(10-12(3)4)14(15,16)17/h5-6,11-13H,7-10H2,1-4H3/b6-5-. The molecule has 0 aromatic heterocycles. The minimum absolute atomic E-state index is 0.0984. The van der Waals surface area contributed by atoms with Crippen molar-refractivity contribution >= 4 is 0 Å². The van der Waals surface area contributed by atoms with Gasteiger partial charge in [0.15, 0.2) is 0 Å². The number of halogens is 3. The fourth-order valence-corrected chi connectivity index (χ4v) is 1.77. The van der Waals surface area contributed by atoms with E-state index in [1.165, 1.54) is 0 Å². The van der Waals surface area contributed by atoms with Crippen LogP contribution >= 0.6 is 0 Å². The summed E-state index contributed by atoms with van der Waals surface area (Å²) in [6, 6.07) is 0. The molecule has 0 aliphatic rings. The highest BCUT2D eigenvalue weighted by atomic mass is 19.4. The van der Waals surface area contributed by atoms with E-state index in [4.69, 9.17) is 0 Å². The smallest absolute Gasteiger partial charge is 0.171 e. The Hall–Kier alpha value is -0.470. The number of hydrogen-bond donors (Lipinski definition) is 0. The van der Waals surface area contributed by atoms with Crippen molar-refractivity contribution in [2.24, 2.45) is 17.8 Å². The average molecular weight is 250 g/mol. The Labute approximate surface area is 103 Å². The topological polar surface area (TPSA) is 0 Å².